The number of nitrogens with zero attached hydrogens (tertiary/aromatic N) is 1. The number of esters is 1. The predicted octanol–water partition coefficient (Wildman–Crippen LogP) is 2.56. The van der Waals surface area contributed by atoms with Gasteiger partial charge in [0.25, 0.3) is 0 Å². The molecule has 2 heterocycles. The lowest BCUT2D eigenvalue weighted by molar-refractivity contribution is 0.0603. The lowest BCUT2D eigenvalue weighted by atomic mass is 10.0. The molecule has 3 rings (SSSR count). The van der Waals surface area contributed by atoms with Crippen molar-refractivity contribution < 1.29 is 14.3 Å². The van der Waals surface area contributed by atoms with Gasteiger partial charge in [-0.1, -0.05) is 6.42 Å². The molecule has 0 amide bonds. The number of hydrogen-bond acceptors (Lipinski definition) is 6. The second-order valence-corrected chi connectivity index (χ2v) is 6.93. The fourth-order valence-electron chi connectivity index (χ4n) is 3.62. The number of methoxy groups -OCH3 is 1. The van der Waals surface area contributed by atoms with E-state index in [-0.39, 0.29) is 11.5 Å². The molecule has 5 nitrogen and oxygen atoms in total. The fourth-order valence-corrected chi connectivity index (χ4v) is 4.74. The van der Waals surface area contributed by atoms with E-state index in [2.05, 4.69) is 4.90 Å². The van der Waals surface area contributed by atoms with Gasteiger partial charge in [0.15, 0.2) is 5.78 Å². The number of ketones is 1. The van der Waals surface area contributed by atoms with E-state index < -0.39 is 5.97 Å². The van der Waals surface area contributed by atoms with Crippen LogP contribution in [-0.2, 0) is 4.74 Å². The molecule has 1 aliphatic carbocycles. The highest BCUT2D eigenvalue weighted by molar-refractivity contribution is 7.19. The molecule has 1 saturated carbocycles. The van der Waals surface area contributed by atoms with Gasteiger partial charge in [-0.25, -0.2) is 4.79 Å². The summed E-state index contributed by atoms with van der Waals surface area (Å²) >= 11 is 1.32. The molecule has 0 aromatic carbocycles. The van der Waals surface area contributed by atoms with E-state index in [1.54, 1.807) is 0 Å². The molecule has 0 radical (unpaired) electrons. The molecule has 114 valence electrons. The molecule has 1 aromatic rings. The van der Waals surface area contributed by atoms with Crippen molar-refractivity contribution in [2.45, 2.75) is 26.2 Å². The Morgan fingerprint density at radius 2 is 1.90 bits per heavy atom. The van der Waals surface area contributed by atoms with E-state index >= 15 is 0 Å². The number of ether oxygens (including phenoxy) is 1. The summed E-state index contributed by atoms with van der Waals surface area (Å²) in [6, 6.07) is 0. The minimum atomic E-state index is -0.455. The normalized spacial score (nSPS) is 24.2. The molecule has 0 spiro atoms. The number of carbonyl (C=O) groups is 2. The highest BCUT2D eigenvalue weighted by Gasteiger charge is 2.39. The van der Waals surface area contributed by atoms with Crippen LogP contribution in [0.1, 0.15) is 46.2 Å². The Hall–Kier alpha value is -1.56. The second-order valence-electron chi connectivity index (χ2n) is 5.93. The summed E-state index contributed by atoms with van der Waals surface area (Å²) in [6.07, 6.45) is 3.82. The second kappa shape index (κ2) is 5.33. The third kappa shape index (κ3) is 2.31. The van der Waals surface area contributed by atoms with Gasteiger partial charge in [0.1, 0.15) is 10.6 Å². The molecule has 2 atom stereocenters. The summed E-state index contributed by atoms with van der Waals surface area (Å²) in [4.78, 5) is 26.5. The highest BCUT2D eigenvalue weighted by Crippen LogP contribution is 2.45. The van der Waals surface area contributed by atoms with E-state index in [9.17, 15) is 9.59 Å². The zero-order valence-corrected chi connectivity index (χ0v) is 13.2. The van der Waals surface area contributed by atoms with Crippen molar-refractivity contribution in [2.24, 2.45) is 11.8 Å². The van der Waals surface area contributed by atoms with Crippen LogP contribution in [0.3, 0.4) is 0 Å². The third-order valence-corrected chi connectivity index (χ3v) is 6.02. The zero-order valence-electron chi connectivity index (χ0n) is 12.3. The molecule has 2 N–H and O–H groups in total. The van der Waals surface area contributed by atoms with E-state index in [4.69, 9.17) is 10.5 Å². The molecular weight excluding hydrogens is 288 g/mol. The first-order valence-corrected chi connectivity index (χ1v) is 8.11. The first kappa shape index (κ1) is 14.4. The Labute approximate surface area is 128 Å². The number of rotatable bonds is 3. The quantitative estimate of drug-likeness (QED) is 0.686. The van der Waals surface area contributed by atoms with Gasteiger partial charge in [-0.15, -0.1) is 11.3 Å². The maximum Gasteiger partial charge on any atom is 0.343 e. The van der Waals surface area contributed by atoms with Crippen LogP contribution in [0.5, 0.6) is 0 Å². The van der Waals surface area contributed by atoms with Crippen LogP contribution >= 0.6 is 11.3 Å². The summed E-state index contributed by atoms with van der Waals surface area (Å²) in [6.45, 7) is 3.38. The van der Waals surface area contributed by atoms with Gasteiger partial charge in [-0.05, 0) is 24.7 Å². The Balaban J connectivity index is 1.99. The lowest BCUT2D eigenvalue weighted by Crippen LogP contribution is -2.22. The maximum atomic E-state index is 12.1. The summed E-state index contributed by atoms with van der Waals surface area (Å²) < 4.78 is 4.85. The van der Waals surface area contributed by atoms with Gasteiger partial charge in [0, 0.05) is 20.0 Å². The topological polar surface area (TPSA) is 72.6 Å². The maximum absolute atomic E-state index is 12.1. The van der Waals surface area contributed by atoms with Crippen LogP contribution < -0.4 is 10.6 Å². The zero-order chi connectivity index (χ0) is 15.1. The number of nitrogen functional groups attached to an aromatic ring is 1. The summed E-state index contributed by atoms with van der Waals surface area (Å²) in [5, 5.41) is 0.805. The lowest BCUT2D eigenvalue weighted by Gasteiger charge is -2.18. The van der Waals surface area contributed by atoms with Crippen molar-refractivity contribution in [3.05, 3.63) is 10.4 Å². The first-order chi connectivity index (χ1) is 10.0. The number of anilines is 2. The number of thiophene rings is 1. The number of nitrogens with two attached hydrogens (primary N) is 1. The Kier molecular flexibility index (Phi) is 3.65. The van der Waals surface area contributed by atoms with Crippen LogP contribution in [0, 0.1) is 11.8 Å². The molecule has 2 aliphatic rings. The van der Waals surface area contributed by atoms with E-state index in [0.717, 1.165) is 18.1 Å². The molecule has 1 aliphatic heterocycles. The molecule has 21 heavy (non-hydrogen) atoms. The Morgan fingerprint density at radius 1 is 1.29 bits per heavy atom. The van der Waals surface area contributed by atoms with Crippen LogP contribution in [0.4, 0.5) is 10.7 Å². The SMILES string of the molecule is COC(=O)c1c(N2CC3CCCC3C2)sc(C(C)=O)c1N. The van der Waals surface area contributed by atoms with Crippen molar-refractivity contribution in [2.75, 3.05) is 30.8 Å². The number of fused-ring (bicyclic) bond motifs is 1. The van der Waals surface area contributed by atoms with Crippen LogP contribution in [0.25, 0.3) is 0 Å². The average molecular weight is 308 g/mol. The van der Waals surface area contributed by atoms with Gasteiger partial charge < -0.3 is 15.4 Å². The van der Waals surface area contributed by atoms with Crippen molar-refractivity contribution in [1.29, 1.82) is 0 Å². The summed E-state index contributed by atoms with van der Waals surface area (Å²) in [5.41, 5.74) is 6.67. The third-order valence-electron chi connectivity index (χ3n) is 4.65. The van der Waals surface area contributed by atoms with E-state index in [1.165, 1.54) is 44.6 Å². The number of carbonyl (C=O) groups excluding carboxylic acids is 2. The number of Topliss-reactive ketones (excluding diaryl/α,β-unsaturated/α-hetero) is 1. The minimum Gasteiger partial charge on any atom is -0.465 e. The predicted molar refractivity (Wildman–Crippen MR) is 83.1 cm³/mol. The van der Waals surface area contributed by atoms with Crippen molar-refractivity contribution in [3.63, 3.8) is 0 Å². The monoisotopic (exact) mass is 308 g/mol. The molecule has 1 saturated heterocycles. The first-order valence-electron chi connectivity index (χ1n) is 7.29. The molecular formula is C15H20N2O3S. The van der Waals surface area contributed by atoms with Crippen molar-refractivity contribution in [1.82, 2.24) is 0 Å². The van der Waals surface area contributed by atoms with Gasteiger partial charge in [0.05, 0.1) is 17.7 Å². The van der Waals surface area contributed by atoms with E-state index in [0.29, 0.717) is 22.3 Å². The Morgan fingerprint density at radius 3 is 2.43 bits per heavy atom. The molecule has 2 unspecified atom stereocenters. The van der Waals surface area contributed by atoms with Crippen LogP contribution in [-0.4, -0.2) is 32.0 Å². The molecule has 1 aromatic heterocycles. The average Bonchev–Trinajstić information content (AvgIpc) is 3.09. The number of hydrogen-bond donors (Lipinski definition) is 1. The largest absolute Gasteiger partial charge is 0.465 e. The van der Waals surface area contributed by atoms with E-state index in [1.807, 2.05) is 0 Å². The summed E-state index contributed by atoms with van der Waals surface area (Å²) in [5.74, 6) is 0.857. The van der Waals surface area contributed by atoms with Gasteiger partial charge in [-0.2, -0.15) is 0 Å². The van der Waals surface area contributed by atoms with Crippen LogP contribution in [0.15, 0.2) is 0 Å². The standard InChI is InChI=1S/C15H20N2O3S/c1-8(18)13-12(16)11(15(19)20-2)14(21-13)17-6-9-4-3-5-10(9)7-17/h9-10H,3-7,16H2,1-2H3. The minimum absolute atomic E-state index is 0.103. The fraction of sp³-hybridized carbons (Fsp3) is 0.600. The molecule has 2 fully saturated rings. The van der Waals surface area contributed by atoms with Gasteiger partial charge in [-0.3, -0.25) is 4.79 Å². The van der Waals surface area contributed by atoms with Crippen molar-refractivity contribution >= 4 is 33.8 Å². The van der Waals surface area contributed by atoms with Crippen LogP contribution in [0.2, 0.25) is 0 Å². The highest BCUT2D eigenvalue weighted by atomic mass is 32.1. The Bertz CT molecular complexity index is 584. The van der Waals surface area contributed by atoms with Crippen molar-refractivity contribution in [3.8, 4) is 0 Å². The van der Waals surface area contributed by atoms with Gasteiger partial charge in [0.2, 0.25) is 0 Å². The smallest absolute Gasteiger partial charge is 0.343 e. The molecule has 6 heteroatoms. The van der Waals surface area contributed by atoms with Gasteiger partial charge >= 0.3 is 5.97 Å². The summed E-state index contributed by atoms with van der Waals surface area (Å²) in [7, 11) is 1.34. The molecule has 0 bridgehead atoms.